The number of hydrogen-bond acceptors (Lipinski definition) is 3. The highest BCUT2D eigenvalue weighted by molar-refractivity contribution is 14.1. The van der Waals surface area contributed by atoms with Gasteiger partial charge in [-0.05, 0) is 69.9 Å². The number of allylic oxidation sites excluding steroid dienone is 1. The van der Waals surface area contributed by atoms with Crippen LogP contribution in [0.2, 0.25) is 0 Å². The molecule has 0 atom stereocenters. The second-order valence-electron chi connectivity index (χ2n) is 5.87. The number of hydrogen-bond donors (Lipinski definition) is 0. The number of halogens is 1. The average Bonchev–Trinajstić information content (AvgIpc) is 3.37. The van der Waals surface area contributed by atoms with Crippen LogP contribution in [-0.4, -0.2) is 9.78 Å². The van der Waals surface area contributed by atoms with E-state index in [2.05, 4.69) is 34.7 Å². The number of rotatable bonds is 4. The van der Waals surface area contributed by atoms with Crippen LogP contribution in [0, 0.1) is 14.9 Å². The number of nitrogens with zero attached hydrogens (tertiary/aromatic N) is 3. The third-order valence-corrected chi connectivity index (χ3v) is 5.69. The number of aromatic nitrogens is 2. The minimum absolute atomic E-state index is 0.622. The van der Waals surface area contributed by atoms with E-state index >= 15 is 0 Å². The number of nitriles is 1. The van der Waals surface area contributed by atoms with Crippen molar-refractivity contribution in [2.75, 3.05) is 0 Å². The molecular formula is C22H14IN3S. The monoisotopic (exact) mass is 479 g/mol. The second kappa shape index (κ2) is 7.91. The summed E-state index contributed by atoms with van der Waals surface area (Å²) in [5.74, 6) is 0. The van der Waals surface area contributed by atoms with Gasteiger partial charge in [0.15, 0.2) is 0 Å². The maximum atomic E-state index is 9.71. The third kappa shape index (κ3) is 3.87. The summed E-state index contributed by atoms with van der Waals surface area (Å²) in [5, 5.41) is 16.5. The van der Waals surface area contributed by atoms with Gasteiger partial charge in [-0.25, -0.2) is 4.68 Å². The van der Waals surface area contributed by atoms with Crippen molar-refractivity contribution < 1.29 is 0 Å². The molecule has 4 rings (SSSR count). The highest BCUT2D eigenvalue weighted by Crippen LogP contribution is 2.30. The Morgan fingerprint density at radius 2 is 1.81 bits per heavy atom. The smallest absolute Gasteiger partial charge is 0.110 e. The molecule has 0 aliphatic heterocycles. The molecule has 27 heavy (non-hydrogen) atoms. The maximum absolute atomic E-state index is 9.71. The third-order valence-electron chi connectivity index (χ3n) is 4.09. The molecule has 0 radical (unpaired) electrons. The lowest BCUT2D eigenvalue weighted by molar-refractivity contribution is 0.885. The van der Waals surface area contributed by atoms with Gasteiger partial charge in [-0.2, -0.15) is 10.4 Å². The van der Waals surface area contributed by atoms with Gasteiger partial charge in [0.25, 0.3) is 0 Å². The van der Waals surface area contributed by atoms with Crippen molar-refractivity contribution in [3.8, 4) is 22.3 Å². The highest BCUT2D eigenvalue weighted by Gasteiger charge is 2.13. The fourth-order valence-corrected chi connectivity index (χ4v) is 3.87. The van der Waals surface area contributed by atoms with E-state index in [-0.39, 0.29) is 0 Å². The maximum Gasteiger partial charge on any atom is 0.110 e. The van der Waals surface area contributed by atoms with Crippen LogP contribution in [0.4, 0.5) is 0 Å². The molecule has 0 N–H and O–H groups in total. The zero-order valence-corrected chi connectivity index (χ0v) is 17.2. The molecule has 2 heterocycles. The topological polar surface area (TPSA) is 41.6 Å². The van der Waals surface area contributed by atoms with Gasteiger partial charge in [0, 0.05) is 15.3 Å². The Morgan fingerprint density at radius 1 is 1.04 bits per heavy atom. The van der Waals surface area contributed by atoms with E-state index in [1.54, 1.807) is 11.3 Å². The molecule has 0 fully saturated rings. The van der Waals surface area contributed by atoms with Crippen molar-refractivity contribution in [1.29, 1.82) is 5.26 Å². The predicted octanol–water partition coefficient (Wildman–Crippen LogP) is 6.27. The summed E-state index contributed by atoms with van der Waals surface area (Å²) >= 11 is 3.91. The molecule has 0 bridgehead atoms. The lowest BCUT2D eigenvalue weighted by Crippen LogP contribution is -1.93. The Morgan fingerprint density at radius 3 is 2.48 bits per heavy atom. The van der Waals surface area contributed by atoms with Crippen molar-refractivity contribution in [2.45, 2.75) is 0 Å². The summed E-state index contributed by atoms with van der Waals surface area (Å²) in [6.45, 7) is 0. The Labute approximate surface area is 175 Å². The number of benzene rings is 2. The molecular weight excluding hydrogens is 465 g/mol. The van der Waals surface area contributed by atoms with Gasteiger partial charge in [0.05, 0.1) is 22.2 Å². The SMILES string of the molecule is N#C/C(=C\c1cn(-c2ccccc2)nc1-c1cccs1)c1ccc(I)cc1. The van der Waals surface area contributed by atoms with Crippen molar-refractivity contribution in [3.05, 3.63) is 93.0 Å². The van der Waals surface area contributed by atoms with E-state index in [1.165, 1.54) is 0 Å². The van der Waals surface area contributed by atoms with Crippen LogP contribution >= 0.6 is 33.9 Å². The molecule has 2 aromatic carbocycles. The molecule has 0 saturated carbocycles. The van der Waals surface area contributed by atoms with Gasteiger partial charge >= 0.3 is 0 Å². The van der Waals surface area contributed by atoms with Gasteiger partial charge in [-0.3, -0.25) is 0 Å². The van der Waals surface area contributed by atoms with Gasteiger partial charge in [-0.1, -0.05) is 36.4 Å². The molecule has 0 spiro atoms. The molecule has 0 aliphatic carbocycles. The quantitative estimate of drug-likeness (QED) is 0.256. The summed E-state index contributed by atoms with van der Waals surface area (Å²) in [7, 11) is 0. The Balaban J connectivity index is 1.84. The van der Waals surface area contributed by atoms with Crippen molar-refractivity contribution >= 4 is 45.6 Å². The zero-order valence-electron chi connectivity index (χ0n) is 14.2. The van der Waals surface area contributed by atoms with Crippen LogP contribution in [0.3, 0.4) is 0 Å². The fourth-order valence-electron chi connectivity index (χ4n) is 2.78. The van der Waals surface area contributed by atoms with Crippen molar-refractivity contribution in [2.24, 2.45) is 0 Å². The van der Waals surface area contributed by atoms with Crippen LogP contribution in [-0.2, 0) is 0 Å². The van der Waals surface area contributed by atoms with Gasteiger partial charge in [-0.15, -0.1) is 11.3 Å². The van der Waals surface area contributed by atoms with E-state index in [9.17, 15) is 5.26 Å². The van der Waals surface area contributed by atoms with E-state index in [0.717, 1.165) is 31.0 Å². The first kappa shape index (κ1) is 17.7. The summed E-state index contributed by atoms with van der Waals surface area (Å²) in [4.78, 5) is 1.08. The van der Waals surface area contributed by atoms with E-state index < -0.39 is 0 Å². The van der Waals surface area contributed by atoms with Gasteiger partial charge < -0.3 is 0 Å². The largest absolute Gasteiger partial charge is 0.240 e. The fraction of sp³-hybridized carbons (Fsp3) is 0. The zero-order chi connectivity index (χ0) is 18.6. The highest BCUT2D eigenvalue weighted by atomic mass is 127. The van der Waals surface area contributed by atoms with Crippen molar-refractivity contribution in [1.82, 2.24) is 9.78 Å². The summed E-state index contributed by atoms with van der Waals surface area (Å²) in [5.41, 5.74) is 4.32. The molecule has 5 heteroatoms. The molecule has 0 amide bonds. The van der Waals surface area contributed by atoms with Gasteiger partial charge in [0.2, 0.25) is 0 Å². The van der Waals surface area contributed by atoms with E-state index in [0.29, 0.717) is 5.57 Å². The molecule has 0 unspecified atom stereocenters. The van der Waals surface area contributed by atoms with Crippen LogP contribution in [0.1, 0.15) is 11.1 Å². The van der Waals surface area contributed by atoms with Crippen LogP contribution in [0.25, 0.3) is 27.9 Å². The van der Waals surface area contributed by atoms with Crippen molar-refractivity contribution in [3.63, 3.8) is 0 Å². The average molecular weight is 479 g/mol. The molecule has 4 aromatic rings. The van der Waals surface area contributed by atoms with E-state index in [1.807, 2.05) is 83.0 Å². The molecule has 2 aromatic heterocycles. The molecule has 130 valence electrons. The first-order chi connectivity index (χ1) is 13.2. The van der Waals surface area contributed by atoms with Crippen LogP contribution < -0.4 is 0 Å². The standard InChI is InChI=1S/C22H14IN3S/c23-19-10-8-16(9-11-19)17(14-24)13-18-15-26(20-5-2-1-3-6-20)25-22(18)21-7-4-12-27-21/h1-13,15H/b17-13+. The number of thiophene rings is 1. The first-order valence-corrected chi connectivity index (χ1v) is 10.3. The second-order valence-corrected chi connectivity index (χ2v) is 8.06. The van der Waals surface area contributed by atoms with Crippen LogP contribution in [0.15, 0.2) is 78.3 Å². The Kier molecular flexibility index (Phi) is 5.19. The normalized spacial score (nSPS) is 11.3. The lowest BCUT2D eigenvalue weighted by Gasteiger charge is -2.00. The molecule has 0 saturated heterocycles. The number of para-hydroxylation sites is 1. The lowest BCUT2D eigenvalue weighted by atomic mass is 10.0. The predicted molar refractivity (Wildman–Crippen MR) is 120 cm³/mol. The Bertz CT molecular complexity index is 1120. The summed E-state index contributed by atoms with van der Waals surface area (Å²) in [6.07, 6.45) is 3.90. The summed E-state index contributed by atoms with van der Waals surface area (Å²) < 4.78 is 3.01. The molecule has 0 aliphatic rings. The molecule has 3 nitrogen and oxygen atoms in total. The first-order valence-electron chi connectivity index (χ1n) is 8.31. The van der Waals surface area contributed by atoms with E-state index in [4.69, 9.17) is 5.10 Å². The minimum atomic E-state index is 0.622. The minimum Gasteiger partial charge on any atom is -0.240 e. The van der Waals surface area contributed by atoms with Gasteiger partial charge in [0.1, 0.15) is 5.69 Å². The Hall–Kier alpha value is -2.69. The summed E-state index contributed by atoms with van der Waals surface area (Å²) in [6, 6.07) is 24.4. The van der Waals surface area contributed by atoms with Crippen LogP contribution in [0.5, 0.6) is 0 Å².